The van der Waals surface area contributed by atoms with Crippen LogP contribution >= 0.6 is 0 Å². The van der Waals surface area contributed by atoms with E-state index in [-0.39, 0.29) is 5.56 Å². The van der Waals surface area contributed by atoms with E-state index in [1.165, 1.54) is 0 Å². The Labute approximate surface area is 106 Å². The van der Waals surface area contributed by atoms with Crippen molar-refractivity contribution in [3.05, 3.63) is 17.0 Å². The lowest BCUT2D eigenvalue weighted by molar-refractivity contribution is -0.142. The topological polar surface area (TPSA) is 17.8 Å². The molecule has 7 heteroatoms. The highest BCUT2D eigenvalue weighted by Crippen LogP contribution is 2.72. The second-order valence-electron chi connectivity index (χ2n) is 5.68. The summed E-state index contributed by atoms with van der Waals surface area (Å²) in [5.41, 5.74) is -1.93. The van der Waals surface area contributed by atoms with E-state index in [0.717, 1.165) is 4.68 Å². The quantitative estimate of drug-likeness (QED) is 0.712. The number of aromatic nitrogens is 2. The predicted octanol–water partition coefficient (Wildman–Crippen LogP) is 3.94. The Morgan fingerprint density at radius 2 is 1.84 bits per heavy atom. The van der Waals surface area contributed by atoms with E-state index in [2.05, 4.69) is 5.10 Å². The van der Waals surface area contributed by atoms with Gasteiger partial charge in [0.25, 0.3) is 5.92 Å². The lowest BCUT2D eigenvalue weighted by Crippen LogP contribution is -2.22. The van der Waals surface area contributed by atoms with Crippen LogP contribution in [0.15, 0.2) is 0 Å². The van der Waals surface area contributed by atoms with Crippen LogP contribution in [0.2, 0.25) is 0 Å². The van der Waals surface area contributed by atoms with Gasteiger partial charge >= 0.3 is 6.18 Å². The van der Waals surface area contributed by atoms with E-state index in [1.807, 2.05) is 0 Å². The highest BCUT2D eigenvalue weighted by molar-refractivity contribution is 5.48. The van der Waals surface area contributed by atoms with Gasteiger partial charge in [-0.05, 0) is 19.8 Å². The van der Waals surface area contributed by atoms with Crippen molar-refractivity contribution in [1.29, 1.82) is 0 Å². The average Bonchev–Trinajstić information content (AvgIpc) is 2.68. The van der Waals surface area contributed by atoms with Gasteiger partial charge in [0.15, 0.2) is 5.69 Å². The van der Waals surface area contributed by atoms with Crippen LogP contribution in [-0.4, -0.2) is 9.78 Å². The number of hydrogen-bond acceptors (Lipinski definition) is 1. The summed E-state index contributed by atoms with van der Waals surface area (Å²) in [6, 6.07) is -0.525. The molecule has 2 aliphatic rings. The minimum atomic E-state index is -4.68. The van der Waals surface area contributed by atoms with Crippen LogP contribution in [0, 0.1) is 11.8 Å². The Kier molecular flexibility index (Phi) is 2.23. The third kappa shape index (κ3) is 1.44. The number of hydrogen-bond donors (Lipinski definition) is 0. The summed E-state index contributed by atoms with van der Waals surface area (Å²) in [7, 11) is 0. The second kappa shape index (κ2) is 3.30. The van der Waals surface area contributed by atoms with Gasteiger partial charge in [0.2, 0.25) is 0 Å². The molecule has 3 atom stereocenters. The number of halogens is 5. The molecule has 0 aliphatic heterocycles. The van der Waals surface area contributed by atoms with Crippen LogP contribution in [0.5, 0.6) is 0 Å². The molecular formula is C12H13F5N2. The Balaban J connectivity index is 2.27. The van der Waals surface area contributed by atoms with E-state index >= 15 is 0 Å². The van der Waals surface area contributed by atoms with Gasteiger partial charge in [-0.15, -0.1) is 0 Å². The first-order valence-corrected chi connectivity index (χ1v) is 6.16. The van der Waals surface area contributed by atoms with Crippen LogP contribution in [0.25, 0.3) is 0 Å². The molecule has 0 aromatic carbocycles. The molecule has 2 nitrogen and oxygen atoms in total. The summed E-state index contributed by atoms with van der Waals surface area (Å²) < 4.78 is 68.2. The lowest BCUT2D eigenvalue weighted by Gasteiger charge is -2.18. The van der Waals surface area contributed by atoms with Gasteiger partial charge in [0, 0.05) is 23.4 Å². The molecule has 19 heavy (non-hydrogen) atoms. The SMILES string of the molecule is CC(C)n1nc(C(F)(F)F)c2c1C(F)(F)C1C2[C@H]1C. The fourth-order valence-corrected chi connectivity index (χ4v) is 3.30. The molecule has 1 saturated carbocycles. The van der Waals surface area contributed by atoms with Gasteiger partial charge in [0.05, 0.1) is 0 Å². The highest BCUT2D eigenvalue weighted by Gasteiger charge is 2.72. The Morgan fingerprint density at radius 3 is 2.32 bits per heavy atom. The molecule has 1 aromatic rings. The van der Waals surface area contributed by atoms with E-state index in [9.17, 15) is 22.0 Å². The highest BCUT2D eigenvalue weighted by atomic mass is 19.4. The van der Waals surface area contributed by atoms with Crippen LogP contribution in [0.4, 0.5) is 22.0 Å². The van der Waals surface area contributed by atoms with Crippen molar-refractivity contribution >= 4 is 0 Å². The first kappa shape index (κ1) is 12.9. The zero-order chi connectivity index (χ0) is 14.3. The normalized spacial score (nSPS) is 31.5. The van der Waals surface area contributed by atoms with Crippen molar-refractivity contribution in [2.45, 2.75) is 44.8 Å². The summed E-state index contributed by atoms with van der Waals surface area (Å²) in [5, 5.41) is 3.42. The number of alkyl halides is 5. The van der Waals surface area contributed by atoms with Crippen LogP contribution in [0.3, 0.4) is 0 Å². The summed E-state index contributed by atoms with van der Waals surface area (Å²) >= 11 is 0. The molecule has 0 spiro atoms. The number of fused-ring (bicyclic) bond motifs is 3. The third-order valence-electron chi connectivity index (χ3n) is 4.15. The van der Waals surface area contributed by atoms with Crippen LogP contribution < -0.4 is 0 Å². The van der Waals surface area contributed by atoms with Crippen molar-refractivity contribution < 1.29 is 22.0 Å². The van der Waals surface area contributed by atoms with Gasteiger partial charge in [-0.2, -0.15) is 27.1 Å². The van der Waals surface area contributed by atoms with Crippen molar-refractivity contribution in [2.24, 2.45) is 11.8 Å². The number of rotatable bonds is 1. The standard InChI is InChI=1S/C12H13F5N2/c1-4(2)19-10-7(9(18-19)12(15,16)17)6-5(3)8(6)11(10,13)14/h4-6,8H,1-3H3/t5-,6?,8?/m1/s1. The molecule has 1 aromatic heterocycles. The molecule has 1 fully saturated rings. The molecule has 1 heterocycles. The zero-order valence-electron chi connectivity index (χ0n) is 10.6. The molecule has 0 saturated heterocycles. The van der Waals surface area contributed by atoms with E-state index in [0.29, 0.717) is 0 Å². The predicted molar refractivity (Wildman–Crippen MR) is 56.9 cm³/mol. The van der Waals surface area contributed by atoms with E-state index in [1.54, 1.807) is 20.8 Å². The first-order chi connectivity index (χ1) is 8.58. The maximum absolute atomic E-state index is 14.2. The summed E-state index contributed by atoms with van der Waals surface area (Å²) in [6.45, 7) is 4.67. The summed E-state index contributed by atoms with van der Waals surface area (Å²) in [5.74, 6) is -5.31. The molecule has 0 N–H and O–H groups in total. The largest absolute Gasteiger partial charge is 0.435 e. The molecule has 3 rings (SSSR count). The van der Waals surface area contributed by atoms with E-state index in [4.69, 9.17) is 0 Å². The minimum Gasteiger partial charge on any atom is -0.260 e. The van der Waals surface area contributed by atoms with Crippen LogP contribution in [-0.2, 0) is 12.1 Å². The Bertz CT molecular complexity index is 543. The molecule has 2 unspecified atom stereocenters. The van der Waals surface area contributed by atoms with Crippen LogP contribution in [0.1, 0.15) is 49.7 Å². The van der Waals surface area contributed by atoms with Gasteiger partial charge in [-0.25, -0.2) is 0 Å². The Hall–Kier alpha value is -1.14. The van der Waals surface area contributed by atoms with Crippen molar-refractivity contribution in [3.8, 4) is 0 Å². The zero-order valence-corrected chi connectivity index (χ0v) is 10.6. The maximum atomic E-state index is 14.2. The fraction of sp³-hybridized carbons (Fsp3) is 0.750. The van der Waals surface area contributed by atoms with Crippen molar-refractivity contribution in [1.82, 2.24) is 9.78 Å². The van der Waals surface area contributed by atoms with Crippen molar-refractivity contribution in [3.63, 3.8) is 0 Å². The molecule has 0 radical (unpaired) electrons. The summed E-state index contributed by atoms with van der Waals surface area (Å²) in [4.78, 5) is 0. The lowest BCUT2D eigenvalue weighted by atomic mass is 10.1. The third-order valence-corrected chi connectivity index (χ3v) is 4.15. The van der Waals surface area contributed by atoms with Crippen molar-refractivity contribution in [2.75, 3.05) is 0 Å². The fourth-order valence-electron chi connectivity index (χ4n) is 3.30. The smallest absolute Gasteiger partial charge is 0.260 e. The Morgan fingerprint density at radius 1 is 1.26 bits per heavy atom. The molecule has 0 bridgehead atoms. The molecule has 2 aliphatic carbocycles. The number of nitrogens with zero attached hydrogens (tertiary/aromatic N) is 2. The van der Waals surface area contributed by atoms with Gasteiger partial charge in [0.1, 0.15) is 5.69 Å². The van der Waals surface area contributed by atoms with E-state index < -0.39 is 47.3 Å². The summed E-state index contributed by atoms with van der Waals surface area (Å²) in [6.07, 6.45) is -4.68. The average molecular weight is 280 g/mol. The second-order valence-corrected chi connectivity index (χ2v) is 5.68. The van der Waals surface area contributed by atoms with Gasteiger partial charge in [-0.3, -0.25) is 4.68 Å². The van der Waals surface area contributed by atoms with Gasteiger partial charge < -0.3 is 0 Å². The first-order valence-electron chi connectivity index (χ1n) is 6.16. The maximum Gasteiger partial charge on any atom is 0.435 e. The molecule has 0 amide bonds. The molecule has 106 valence electrons. The monoisotopic (exact) mass is 280 g/mol. The molecular weight excluding hydrogens is 267 g/mol. The van der Waals surface area contributed by atoms with Gasteiger partial charge in [-0.1, -0.05) is 6.92 Å². The minimum absolute atomic E-state index is 0.274.